The molecule has 1 aliphatic carbocycles. The average molecular weight is 361 g/mol. The van der Waals surface area contributed by atoms with Crippen molar-refractivity contribution in [1.82, 2.24) is 9.97 Å². The molecule has 2 aromatic rings. The Morgan fingerprint density at radius 3 is 2.04 bits per heavy atom. The summed E-state index contributed by atoms with van der Waals surface area (Å²) >= 11 is 0. The van der Waals surface area contributed by atoms with Crippen LogP contribution in [0.5, 0.6) is 0 Å². The molecule has 0 amide bonds. The van der Waals surface area contributed by atoms with Crippen LogP contribution in [0.15, 0.2) is 18.3 Å². The molecule has 0 saturated heterocycles. The summed E-state index contributed by atoms with van der Waals surface area (Å²) in [6.45, 7) is 18.8. The van der Waals surface area contributed by atoms with Crippen LogP contribution in [0.2, 0.25) is 0 Å². The second-order valence-electron chi connectivity index (χ2n) is 6.64. The number of hydrogen-bond donors (Lipinski definition) is 1. The van der Waals surface area contributed by atoms with Crippen molar-refractivity contribution in [2.24, 2.45) is 0 Å². The molecule has 1 aromatic heterocycles. The number of aromatic amines is 1. The summed E-state index contributed by atoms with van der Waals surface area (Å²) in [5.41, 5.74) is 7.11. The van der Waals surface area contributed by atoms with Gasteiger partial charge in [-0.25, -0.2) is 4.98 Å². The minimum absolute atomic E-state index is 0. The molecular formula is C24H44N2. The van der Waals surface area contributed by atoms with E-state index < -0.39 is 0 Å². The third-order valence-electron chi connectivity index (χ3n) is 4.20. The topological polar surface area (TPSA) is 28.7 Å². The van der Waals surface area contributed by atoms with Gasteiger partial charge in [0, 0.05) is 12.9 Å². The number of H-pyrrole nitrogens is 1. The fourth-order valence-electron chi connectivity index (χ4n) is 3.07. The first-order valence-corrected chi connectivity index (χ1v) is 10.7. The van der Waals surface area contributed by atoms with Gasteiger partial charge in [-0.3, -0.25) is 0 Å². The zero-order chi connectivity index (χ0) is 20.1. The summed E-state index contributed by atoms with van der Waals surface area (Å²) in [7, 11) is 0. The molecule has 0 fully saturated rings. The highest BCUT2D eigenvalue weighted by atomic mass is 14.9. The van der Waals surface area contributed by atoms with Crippen molar-refractivity contribution in [3.63, 3.8) is 0 Å². The Hall–Kier alpha value is -1.57. The van der Waals surface area contributed by atoms with Gasteiger partial charge in [-0.15, -0.1) is 0 Å². The lowest BCUT2D eigenvalue weighted by Gasteiger charge is -2.21. The molecule has 0 bridgehead atoms. The molecule has 150 valence electrons. The van der Waals surface area contributed by atoms with Crippen LogP contribution in [0.4, 0.5) is 0 Å². The molecule has 0 radical (unpaired) electrons. The van der Waals surface area contributed by atoms with Crippen molar-refractivity contribution < 1.29 is 1.43 Å². The first-order chi connectivity index (χ1) is 12.6. The van der Waals surface area contributed by atoms with E-state index in [1.807, 2.05) is 33.9 Å². The van der Waals surface area contributed by atoms with E-state index in [4.69, 9.17) is 0 Å². The zero-order valence-corrected chi connectivity index (χ0v) is 18.8. The lowest BCUT2D eigenvalue weighted by Crippen LogP contribution is -2.06. The Kier molecular flexibility index (Phi) is 12.8. The first kappa shape index (κ1) is 24.4. The molecule has 0 spiro atoms. The lowest BCUT2D eigenvalue weighted by atomic mass is 9.85. The Bertz CT molecular complexity index is 615. The maximum absolute atomic E-state index is 4.51. The second-order valence-corrected chi connectivity index (χ2v) is 6.64. The van der Waals surface area contributed by atoms with Crippen LogP contribution in [-0.4, -0.2) is 9.97 Å². The van der Waals surface area contributed by atoms with Crippen LogP contribution in [0.25, 0.3) is 11.3 Å². The van der Waals surface area contributed by atoms with Gasteiger partial charge in [0.05, 0.1) is 11.9 Å². The zero-order valence-electron chi connectivity index (χ0n) is 18.8. The third-order valence-corrected chi connectivity index (χ3v) is 4.20. The normalized spacial score (nSPS) is 11.9. The van der Waals surface area contributed by atoms with E-state index in [1.165, 1.54) is 48.9 Å². The molecule has 0 atom stereocenters. The number of benzene rings is 1. The molecular weight excluding hydrogens is 316 g/mol. The summed E-state index contributed by atoms with van der Waals surface area (Å²) in [6.07, 6.45) is 8.34. The molecule has 0 aliphatic heterocycles. The summed E-state index contributed by atoms with van der Waals surface area (Å²) in [6, 6.07) is 4.52. The van der Waals surface area contributed by atoms with Crippen molar-refractivity contribution in [1.29, 1.82) is 0 Å². The van der Waals surface area contributed by atoms with Crippen LogP contribution in [0.3, 0.4) is 0 Å². The number of aromatic nitrogens is 2. The minimum Gasteiger partial charge on any atom is -0.342 e. The van der Waals surface area contributed by atoms with Crippen LogP contribution >= 0.6 is 0 Å². The van der Waals surface area contributed by atoms with Crippen molar-refractivity contribution in [3.05, 3.63) is 40.8 Å². The number of nitrogens with zero attached hydrogens (tertiary/aromatic N) is 1. The monoisotopic (exact) mass is 360 g/mol. The molecule has 0 saturated carbocycles. The van der Waals surface area contributed by atoms with E-state index >= 15 is 0 Å². The second kappa shape index (κ2) is 13.6. The van der Waals surface area contributed by atoms with Gasteiger partial charge in [-0.1, -0.05) is 73.9 Å². The largest absolute Gasteiger partial charge is 0.342 e. The van der Waals surface area contributed by atoms with Crippen molar-refractivity contribution in [2.45, 2.75) is 100 Å². The third kappa shape index (κ3) is 6.63. The number of aryl methyl sites for hydroxylation is 1. The Balaban J connectivity index is 0. The van der Waals surface area contributed by atoms with Crippen molar-refractivity contribution in [3.8, 4) is 11.3 Å². The molecule has 2 nitrogen and oxygen atoms in total. The summed E-state index contributed by atoms with van der Waals surface area (Å²) in [4.78, 5) is 8.00. The van der Waals surface area contributed by atoms with Crippen LogP contribution < -0.4 is 0 Å². The molecule has 1 heterocycles. The lowest BCUT2D eigenvalue weighted by molar-refractivity contribution is 0.683. The van der Waals surface area contributed by atoms with E-state index in [0.29, 0.717) is 5.92 Å². The van der Waals surface area contributed by atoms with Gasteiger partial charge in [0.25, 0.3) is 0 Å². The number of rotatable bonds is 2. The Labute approximate surface area is 164 Å². The molecule has 3 rings (SSSR count). The molecule has 1 aromatic carbocycles. The number of imidazole rings is 1. The molecule has 2 heteroatoms. The van der Waals surface area contributed by atoms with E-state index in [-0.39, 0.29) is 1.43 Å². The fourth-order valence-corrected chi connectivity index (χ4v) is 3.07. The fraction of sp³-hybridized carbons (Fsp3) is 0.625. The van der Waals surface area contributed by atoms with E-state index in [0.717, 1.165) is 5.82 Å². The van der Waals surface area contributed by atoms with Gasteiger partial charge in [0.2, 0.25) is 0 Å². The maximum Gasteiger partial charge on any atom is 0.109 e. The van der Waals surface area contributed by atoms with Crippen LogP contribution in [-0.2, 0) is 12.8 Å². The summed E-state index contributed by atoms with van der Waals surface area (Å²) in [5.74, 6) is 1.54. The maximum atomic E-state index is 4.51. The van der Waals surface area contributed by atoms with Gasteiger partial charge < -0.3 is 4.98 Å². The SMILES string of the molecule is CC.CC.CCC.Cc1ccc(-c2cnc(C(C)C)[nH]2)c2c1CCCC2.[HH]. The van der Waals surface area contributed by atoms with Crippen molar-refractivity contribution in [2.75, 3.05) is 0 Å². The first-order valence-electron chi connectivity index (χ1n) is 10.7. The van der Waals surface area contributed by atoms with E-state index in [1.54, 1.807) is 11.1 Å². The number of nitrogens with one attached hydrogen (secondary N) is 1. The summed E-state index contributed by atoms with van der Waals surface area (Å²) in [5, 5.41) is 0. The predicted octanol–water partition coefficient (Wildman–Crippen LogP) is 8.10. The Morgan fingerprint density at radius 2 is 1.54 bits per heavy atom. The van der Waals surface area contributed by atoms with E-state index in [2.05, 4.69) is 56.7 Å². The molecule has 1 aliphatic rings. The average Bonchev–Trinajstić information content (AvgIpc) is 3.17. The quantitative estimate of drug-likeness (QED) is 0.575. The highest BCUT2D eigenvalue weighted by molar-refractivity contribution is 5.66. The minimum atomic E-state index is 0. The van der Waals surface area contributed by atoms with Gasteiger partial charge in [-0.05, 0) is 49.3 Å². The van der Waals surface area contributed by atoms with Gasteiger partial charge in [0.1, 0.15) is 5.82 Å². The van der Waals surface area contributed by atoms with E-state index in [9.17, 15) is 0 Å². The van der Waals surface area contributed by atoms with Crippen LogP contribution in [0.1, 0.15) is 105 Å². The van der Waals surface area contributed by atoms with Gasteiger partial charge in [0.15, 0.2) is 0 Å². The predicted molar refractivity (Wildman–Crippen MR) is 120 cm³/mol. The Morgan fingerprint density at radius 1 is 1.00 bits per heavy atom. The van der Waals surface area contributed by atoms with Crippen molar-refractivity contribution >= 4 is 0 Å². The number of fused-ring (bicyclic) bond motifs is 1. The van der Waals surface area contributed by atoms with Gasteiger partial charge >= 0.3 is 0 Å². The molecule has 1 N–H and O–H groups in total. The highest BCUT2D eigenvalue weighted by Crippen LogP contribution is 2.33. The number of hydrogen-bond acceptors (Lipinski definition) is 1. The highest BCUT2D eigenvalue weighted by Gasteiger charge is 2.17. The molecule has 0 unspecified atom stereocenters. The standard InChI is InChI=1S/C17H22N2.C3H8.2C2H6.H2/c1-11(2)17-18-10-16(19-17)15-9-8-12(3)13-6-4-5-7-14(13)15;1-3-2;2*1-2;/h8-11H,4-7H2,1-3H3,(H,18,19);3H2,1-2H3;2*1-2H3;1H. The van der Waals surface area contributed by atoms with Crippen LogP contribution in [0, 0.1) is 6.92 Å². The summed E-state index contributed by atoms with van der Waals surface area (Å²) < 4.78 is 0. The van der Waals surface area contributed by atoms with Gasteiger partial charge in [-0.2, -0.15) is 0 Å². The molecule has 26 heavy (non-hydrogen) atoms. The smallest absolute Gasteiger partial charge is 0.109 e.